The maximum absolute atomic E-state index is 15.0. The highest BCUT2D eigenvalue weighted by molar-refractivity contribution is 5.89. The van der Waals surface area contributed by atoms with E-state index in [2.05, 4.69) is 5.32 Å². The van der Waals surface area contributed by atoms with Crippen LogP contribution in [0.1, 0.15) is 57.1 Å². The highest BCUT2D eigenvalue weighted by Gasteiger charge is 2.72. The Labute approximate surface area is 217 Å². The molecule has 0 radical (unpaired) electrons. The fraction of sp³-hybridized carbons (Fsp3) is 0.310. The zero-order valence-corrected chi connectivity index (χ0v) is 20.7. The average molecular weight is 522 g/mol. The number of benzene rings is 3. The van der Waals surface area contributed by atoms with Crippen LogP contribution < -0.4 is 19.5 Å². The number of alkyl halides is 2. The van der Waals surface area contributed by atoms with E-state index in [9.17, 15) is 18.4 Å². The van der Waals surface area contributed by atoms with Crippen LogP contribution >= 0.6 is 0 Å². The molecule has 196 valence electrons. The zero-order chi connectivity index (χ0) is 26.6. The zero-order valence-electron chi connectivity index (χ0n) is 20.7. The first-order valence-electron chi connectivity index (χ1n) is 12.3. The van der Waals surface area contributed by atoms with Crippen LogP contribution in [0.3, 0.4) is 0 Å². The summed E-state index contributed by atoms with van der Waals surface area (Å²) in [5.74, 6) is -5.69. The van der Waals surface area contributed by atoms with Gasteiger partial charge in [0.15, 0.2) is 11.5 Å². The Morgan fingerprint density at radius 1 is 0.974 bits per heavy atom. The molecule has 1 saturated carbocycles. The van der Waals surface area contributed by atoms with Crippen molar-refractivity contribution in [2.24, 2.45) is 5.92 Å². The highest BCUT2D eigenvalue weighted by atomic mass is 19.3. The Hall–Kier alpha value is -4.14. The number of hydrogen-bond acceptors (Lipinski definition) is 6. The molecule has 3 aliphatic rings. The van der Waals surface area contributed by atoms with Crippen LogP contribution in [0, 0.1) is 12.8 Å². The number of hydrogen-bond donors (Lipinski definition) is 1. The molecule has 6 rings (SSSR count). The van der Waals surface area contributed by atoms with Crippen LogP contribution in [-0.4, -0.2) is 31.7 Å². The third-order valence-electron chi connectivity index (χ3n) is 7.35. The summed E-state index contributed by atoms with van der Waals surface area (Å²) >= 11 is 0. The lowest BCUT2D eigenvalue weighted by Crippen LogP contribution is -2.35. The van der Waals surface area contributed by atoms with Crippen LogP contribution in [-0.2, 0) is 9.53 Å². The number of esters is 1. The van der Waals surface area contributed by atoms with Crippen LogP contribution in [0.5, 0.6) is 17.2 Å². The quantitative estimate of drug-likeness (QED) is 0.463. The van der Waals surface area contributed by atoms with Gasteiger partial charge in [-0.05, 0) is 48.4 Å². The second kappa shape index (κ2) is 9.01. The highest BCUT2D eigenvalue weighted by Crippen LogP contribution is 2.62. The summed E-state index contributed by atoms with van der Waals surface area (Å²) in [5.41, 5.74) is 3.09. The van der Waals surface area contributed by atoms with Gasteiger partial charge in [0.05, 0.1) is 24.6 Å². The number of carbonyl (C=O) groups is 2. The molecule has 2 unspecified atom stereocenters. The molecule has 4 atom stereocenters. The lowest BCUT2D eigenvalue weighted by molar-refractivity contribution is -0.125. The predicted octanol–water partition coefficient (Wildman–Crippen LogP) is 5.24. The predicted molar refractivity (Wildman–Crippen MR) is 132 cm³/mol. The number of amides is 1. The minimum absolute atomic E-state index is 0.0377. The molecule has 1 aliphatic carbocycles. The molecule has 9 heteroatoms. The molecule has 1 amide bonds. The maximum Gasteiger partial charge on any atom is 0.337 e. The van der Waals surface area contributed by atoms with Crippen LogP contribution in [0.4, 0.5) is 8.78 Å². The van der Waals surface area contributed by atoms with Crippen molar-refractivity contribution in [3.8, 4) is 17.2 Å². The first kappa shape index (κ1) is 24.2. The van der Waals surface area contributed by atoms with Crippen molar-refractivity contribution in [2.75, 3.05) is 13.9 Å². The normalized spacial score (nSPS) is 24.1. The Kier molecular flexibility index (Phi) is 5.74. The molecule has 0 saturated heterocycles. The van der Waals surface area contributed by atoms with E-state index in [1.165, 1.54) is 13.2 Å². The Bertz CT molecular complexity index is 1440. The van der Waals surface area contributed by atoms with Crippen molar-refractivity contribution in [3.63, 3.8) is 0 Å². The summed E-state index contributed by atoms with van der Waals surface area (Å²) in [4.78, 5) is 25.3. The van der Waals surface area contributed by atoms with Gasteiger partial charge >= 0.3 is 5.97 Å². The molecule has 38 heavy (non-hydrogen) atoms. The minimum Gasteiger partial charge on any atom is -0.485 e. The number of ether oxygens (including phenoxy) is 4. The summed E-state index contributed by atoms with van der Waals surface area (Å²) in [7, 11) is 1.31. The van der Waals surface area contributed by atoms with Crippen molar-refractivity contribution in [1.29, 1.82) is 0 Å². The van der Waals surface area contributed by atoms with Gasteiger partial charge in [-0.3, -0.25) is 4.79 Å². The molecule has 0 spiro atoms. The SMILES string of the molecule is COC(=O)c1cccc([C@H]2C[C@@H](NC(=O)C3C(c4ccc5c(c4)OCO5)C3(F)F)c3cc(C)ccc3O2)c1. The number of carbonyl (C=O) groups excluding carboxylic acids is 2. The molecule has 0 aromatic heterocycles. The summed E-state index contributed by atoms with van der Waals surface area (Å²) in [6.07, 6.45) is -0.204. The van der Waals surface area contributed by atoms with Crippen molar-refractivity contribution in [3.05, 3.63) is 88.5 Å². The summed E-state index contributed by atoms with van der Waals surface area (Å²) in [6.45, 7) is 1.95. The van der Waals surface area contributed by atoms with E-state index in [1.54, 1.807) is 36.4 Å². The van der Waals surface area contributed by atoms with E-state index in [1.807, 2.05) is 25.1 Å². The second-order valence-corrected chi connectivity index (χ2v) is 9.80. The smallest absolute Gasteiger partial charge is 0.337 e. The van der Waals surface area contributed by atoms with Crippen LogP contribution in [0.2, 0.25) is 0 Å². The Morgan fingerprint density at radius 3 is 2.58 bits per heavy atom. The van der Waals surface area contributed by atoms with E-state index in [0.29, 0.717) is 40.4 Å². The number of methoxy groups -OCH3 is 1. The first-order chi connectivity index (χ1) is 18.3. The monoisotopic (exact) mass is 521 g/mol. The van der Waals surface area contributed by atoms with Crippen molar-refractivity contribution < 1.29 is 37.3 Å². The van der Waals surface area contributed by atoms with E-state index < -0.39 is 41.8 Å². The lowest BCUT2D eigenvalue weighted by Gasteiger charge is -2.33. The second-order valence-electron chi connectivity index (χ2n) is 9.80. The molecule has 1 N–H and O–H groups in total. The largest absolute Gasteiger partial charge is 0.485 e. The Morgan fingerprint density at radius 2 is 1.76 bits per heavy atom. The number of fused-ring (bicyclic) bond motifs is 2. The fourth-order valence-electron chi connectivity index (χ4n) is 5.35. The maximum atomic E-state index is 15.0. The Balaban J connectivity index is 1.26. The minimum atomic E-state index is -3.19. The van der Waals surface area contributed by atoms with Gasteiger partial charge in [0, 0.05) is 12.0 Å². The fourth-order valence-corrected chi connectivity index (χ4v) is 5.35. The molecular weight excluding hydrogens is 496 g/mol. The van der Waals surface area contributed by atoms with Gasteiger partial charge in [0.25, 0.3) is 5.92 Å². The van der Waals surface area contributed by atoms with Gasteiger partial charge in [0.2, 0.25) is 12.7 Å². The van der Waals surface area contributed by atoms with Gasteiger partial charge in [-0.2, -0.15) is 0 Å². The lowest BCUT2D eigenvalue weighted by atomic mass is 9.91. The van der Waals surface area contributed by atoms with E-state index in [4.69, 9.17) is 18.9 Å². The molecule has 0 bridgehead atoms. The third-order valence-corrected chi connectivity index (χ3v) is 7.35. The van der Waals surface area contributed by atoms with Crippen molar-refractivity contribution in [2.45, 2.75) is 37.3 Å². The summed E-state index contributed by atoms with van der Waals surface area (Å²) in [5, 5.41) is 2.87. The van der Waals surface area contributed by atoms with E-state index in [-0.39, 0.29) is 6.79 Å². The van der Waals surface area contributed by atoms with E-state index in [0.717, 1.165) is 11.1 Å². The number of rotatable bonds is 5. The van der Waals surface area contributed by atoms with E-state index >= 15 is 0 Å². The summed E-state index contributed by atoms with van der Waals surface area (Å²) < 4.78 is 51.6. The first-order valence-corrected chi connectivity index (χ1v) is 12.3. The summed E-state index contributed by atoms with van der Waals surface area (Å²) in [6, 6.07) is 16.5. The van der Waals surface area contributed by atoms with Gasteiger partial charge in [-0.1, -0.05) is 35.9 Å². The van der Waals surface area contributed by atoms with Crippen molar-refractivity contribution in [1.82, 2.24) is 5.32 Å². The molecular formula is C29H25F2NO6. The van der Waals surface area contributed by atoms with Gasteiger partial charge in [0.1, 0.15) is 17.8 Å². The third kappa shape index (κ3) is 4.12. The molecule has 1 fully saturated rings. The van der Waals surface area contributed by atoms with Gasteiger partial charge in [-0.25, -0.2) is 13.6 Å². The van der Waals surface area contributed by atoms with Crippen LogP contribution in [0.15, 0.2) is 60.7 Å². The molecule has 7 nitrogen and oxygen atoms in total. The standard InChI is InChI=1S/C29H25F2NO6/c1-15-6-8-21-19(10-15)20(13-23(38-21)16-4-3-5-18(11-16)28(34)35-2)32-27(33)26-25(29(26,30)31)17-7-9-22-24(12-17)37-14-36-22/h3-12,20,23,25-26H,13-14H2,1-2H3,(H,32,33)/t20-,23-,25?,26?/m1/s1. The van der Waals surface area contributed by atoms with Gasteiger partial charge < -0.3 is 24.3 Å². The average Bonchev–Trinajstić information content (AvgIpc) is 3.23. The number of nitrogens with one attached hydrogen (secondary N) is 1. The number of aryl methyl sites for hydroxylation is 1. The van der Waals surface area contributed by atoms with Crippen LogP contribution in [0.25, 0.3) is 0 Å². The molecule has 3 aromatic rings. The topological polar surface area (TPSA) is 83.1 Å². The molecule has 2 aliphatic heterocycles. The molecule has 3 aromatic carbocycles. The van der Waals surface area contributed by atoms with Gasteiger partial charge in [-0.15, -0.1) is 0 Å². The van der Waals surface area contributed by atoms with Crippen molar-refractivity contribution >= 4 is 11.9 Å². The molecule has 2 heterocycles. The number of halogens is 2.